The van der Waals surface area contributed by atoms with Crippen molar-refractivity contribution in [2.24, 2.45) is 0 Å². The van der Waals surface area contributed by atoms with E-state index in [0.29, 0.717) is 19.3 Å². The number of likely N-dealkylation sites (tertiary alicyclic amines) is 1. The van der Waals surface area contributed by atoms with E-state index < -0.39 is 0 Å². The summed E-state index contributed by atoms with van der Waals surface area (Å²) in [6.07, 6.45) is 3.45. The van der Waals surface area contributed by atoms with E-state index in [1.54, 1.807) is 0 Å². The second kappa shape index (κ2) is 8.95. The Morgan fingerprint density at radius 3 is 2.80 bits per heavy atom. The van der Waals surface area contributed by atoms with Crippen LogP contribution >= 0.6 is 0 Å². The van der Waals surface area contributed by atoms with Gasteiger partial charge in [-0.2, -0.15) is 0 Å². The third kappa shape index (κ3) is 5.30. The number of aliphatic hydroxyl groups is 1. The molecule has 2 saturated heterocycles. The third-order valence-electron chi connectivity index (χ3n) is 4.28. The van der Waals surface area contributed by atoms with Crippen molar-refractivity contribution in [1.29, 1.82) is 0 Å². The topological polar surface area (TPSA) is 45.2 Å². The van der Waals surface area contributed by atoms with Crippen LogP contribution in [0.3, 0.4) is 0 Å². The van der Waals surface area contributed by atoms with E-state index in [4.69, 9.17) is 9.47 Å². The summed E-state index contributed by atoms with van der Waals surface area (Å²) < 4.78 is 10.7. The van der Waals surface area contributed by atoms with E-state index in [2.05, 4.69) is 9.80 Å². The second-order valence-electron chi connectivity index (χ2n) is 5.87. The van der Waals surface area contributed by atoms with Gasteiger partial charge in [-0.3, -0.25) is 9.80 Å². The predicted molar refractivity (Wildman–Crippen MR) is 79.0 cm³/mol. The minimum atomic E-state index is -0.361. The summed E-state index contributed by atoms with van der Waals surface area (Å²) in [6, 6.07) is 0.582. The smallest absolute Gasteiger partial charge is 0.0900 e. The number of hydrogen-bond donors (Lipinski definition) is 1. The van der Waals surface area contributed by atoms with E-state index in [1.165, 1.54) is 19.3 Å². The van der Waals surface area contributed by atoms with Crippen molar-refractivity contribution < 1.29 is 14.6 Å². The number of rotatable bonds is 7. The lowest BCUT2D eigenvalue weighted by molar-refractivity contribution is -0.0119. The Kier molecular flexibility index (Phi) is 7.24. The van der Waals surface area contributed by atoms with Crippen molar-refractivity contribution in [3.63, 3.8) is 0 Å². The molecule has 0 amide bonds. The first-order valence-electron chi connectivity index (χ1n) is 8.09. The molecule has 0 unspecified atom stereocenters. The number of hydrogen-bond acceptors (Lipinski definition) is 5. The number of ether oxygens (including phenoxy) is 2. The van der Waals surface area contributed by atoms with Crippen molar-refractivity contribution in [3.05, 3.63) is 0 Å². The van der Waals surface area contributed by atoms with Crippen LogP contribution in [0.25, 0.3) is 0 Å². The number of β-amino-alcohol motifs (C(OH)–C–C–N with tert-alkyl or cyclic N) is 1. The quantitative estimate of drug-likeness (QED) is 0.741. The van der Waals surface area contributed by atoms with Crippen molar-refractivity contribution in [2.45, 2.75) is 38.3 Å². The highest BCUT2D eigenvalue weighted by atomic mass is 16.5. The molecule has 2 rings (SSSR count). The van der Waals surface area contributed by atoms with E-state index in [9.17, 15) is 5.11 Å². The fourth-order valence-electron chi connectivity index (χ4n) is 3.17. The molecular weight excluding hydrogens is 256 g/mol. The van der Waals surface area contributed by atoms with Crippen LogP contribution in [0.4, 0.5) is 0 Å². The van der Waals surface area contributed by atoms with Crippen molar-refractivity contribution in [2.75, 3.05) is 59.2 Å². The van der Waals surface area contributed by atoms with E-state index in [1.807, 2.05) is 6.92 Å². The van der Waals surface area contributed by atoms with Crippen molar-refractivity contribution >= 4 is 0 Å². The zero-order valence-electron chi connectivity index (χ0n) is 12.8. The zero-order chi connectivity index (χ0) is 14.2. The SMILES string of the molecule is CCOC[C@@H](O)CN1CCCC[C@@H]1CN1CCOCC1. The molecule has 5 heteroatoms. The molecule has 2 fully saturated rings. The lowest BCUT2D eigenvalue weighted by Crippen LogP contribution is -2.51. The Morgan fingerprint density at radius 1 is 1.25 bits per heavy atom. The molecule has 20 heavy (non-hydrogen) atoms. The Balaban J connectivity index is 1.78. The summed E-state index contributed by atoms with van der Waals surface area (Å²) in [7, 11) is 0. The summed E-state index contributed by atoms with van der Waals surface area (Å²) in [5, 5.41) is 10.1. The maximum Gasteiger partial charge on any atom is 0.0900 e. The number of nitrogens with zero attached hydrogens (tertiary/aromatic N) is 2. The fraction of sp³-hybridized carbons (Fsp3) is 1.00. The zero-order valence-corrected chi connectivity index (χ0v) is 12.8. The molecular formula is C15H30N2O3. The molecule has 0 spiro atoms. The summed E-state index contributed by atoms with van der Waals surface area (Å²) in [5.41, 5.74) is 0. The first-order valence-corrected chi connectivity index (χ1v) is 8.09. The molecule has 1 N–H and O–H groups in total. The average Bonchev–Trinajstić information content (AvgIpc) is 2.48. The number of aliphatic hydroxyl groups excluding tert-OH is 1. The molecule has 0 saturated carbocycles. The third-order valence-corrected chi connectivity index (χ3v) is 4.28. The highest BCUT2D eigenvalue weighted by Crippen LogP contribution is 2.19. The Hall–Kier alpha value is -0.200. The molecule has 0 aromatic heterocycles. The van der Waals surface area contributed by atoms with Gasteiger partial charge in [0.2, 0.25) is 0 Å². The van der Waals surface area contributed by atoms with Gasteiger partial charge >= 0.3 is 0 Å². The molecule has 0 aromatic carbocycles. The van der Waals surface area contributed by atoms with Crippen molar-refractivity contribution in [3.8, 4) is 0 Å². The van der Waals surface area contributed by atoms with Gasteiger partial charge < -0.3 is 14.6 Å². The fourth-order valence-corrected chi connectivity index (χ4v) is 3.17. The summed E-state index contributed by atoms with van der Waals surface area (Å²) in [5.74, 6) is 0. The highest BCUT2D eigenvalue weighted by molar-refractivity contribution is 4.82. The van der Waals surface area contributed by atoms with Gasteiger partial charge in [0.25, 0.3) is 0 Å². The van der Waals surface area contributed by atoms with E-state index >= 15 is 0 Å². The van der Waals surface area contributed by atoms with Crippen LogP contribution in [-0.2, 0) is 9.47 Å². The van der Waals surface area contributed by atoms with Gasteiger partial charge in [0, 0.05) is 38.8 Å². The molecule has 0 radical (unpaired) electrons. The molecule has 2 heterocycles. The Bertz CT molecular complexity index is 260. The second-order valence-corrected chi connectivity index (χ2v) is 5.87. The monoisotopic (exact) mass is 286 g/mol. The molecule has 0 aliphatic carbocycles. The minimum absolute atomic E-state index is 0.361. The normalized spacial score (nSPS) is 27.6. The van der Waals surface area contributed by atoms with Crippen LogP contribution in [0, 0.1) is 0 Å². The summed E-state index contributed by atoms with van der Waals surface area (Å²) in [6.45, 7) is 9.88. The van der Waals surface area contributed by atoms with Gasteiger partial charge in [0.1, 0.15) is 0 Å². The Morgan fingerprint density at radius 2 is 2.05 bits per heavy atom. The first-order chi connectivity index (χ1) is 9.79. The molecule has 2 atom stereocenters. The maximum absolute atomic E-state index is 10.1. The molecule has 0 bridgehead atoms. The van der Waals surface area contributed by atoms with Crippen LogP contribution in [0.5, 0.6) is 0 Å². The van der Waals surface area contributed by atoms with E-state index in [-0.39, 0.29) is 6.10 Å². The molecule has 0 aromatic rings. The summed E-state index contributed by atoms with van der Waals surface area (Å²) in [4.78, 5) is 4.96. The Labute approximate surface area is 122 Å². The van der Waals surface area contributed by atoms with E-state index in [0.717, 1.165) is 45.9 Å². The number of morpholine rings is 1. The van der Waals surface area contributed by atoms with Gasteiger partial charge in [-0.15, -0.1) is 0 Å². The molecule has 5 nitrogen and oxygen atoms in total. The van der Waals surface area contributed by atoms with Gasteiger partial charge in [-0.05, 0) is 26.3 Å². The standard InChI is InChI=1S/C15H30N2O3/c1-2-19-13-15(18)12-17-6-4-3-5-14(17)11-16-7-9-20-10-8-16/h14-15,18H,2-13H2,1H3/t14-,15+/m1/s1. The van der Waals surface area contributed by atoms with Gasteiger partial charge in [-0.1, -0.05) is 6.42 Å². The largest absolute Gasteiger partial charge is 0.389 e. The highest BCUT2D eigenvalue weighted by Gasteiger charge is 2.26. The van der Waals surface area contributed by atoms with Gasteiger partial charge in [0.05, 0.1) is 25.9 Å². The lowest BCUT2D eigenvalue weighted by Gasteiger charge is -2.40. The van der Waals surface area contributed by atoms with Gasteiger partial charge in [-0.25, -0.2) is 0 Å². The van der Waals surface area contributed by atoms with Crippen LogP contribution in [0.2, 0.25) is 0 Å². The average molecular weight is 286 g/mol. The van der Waals surface area contributed by atoms with Gasteiger partial charge in [0.15, 0.2) is 0 Å². The molecule has 118 valence electrons. The number of piperidine rings is 1. The van der Waals surface area contributed by atoms with Crippen LogP contribution < -0.4 is 0 Å². The van der Waals surface area contributed by atoms with Crippen LogP contribution in [-0.4, -0.2) is 86.2 Å². The summed E-state index contributed by atoms with van der Waals surface area (Å²) >= 11 is 0. The van der Waals surface area contributed by atoms with Crippen molar-refractivity contribution in [1.82, 2.24) is 9.80 Å². The predicted octanol–water partition coefficient (Wildman–Crippen LogP) is 0.571. The van der Waals surface area contributed by atoms with Crippen LogP contribution in [0.15, 0.2) is 0 Å². The maximum atomic E-state index is 10.1. The lowest BCUT2D eigenvalue weighted by atomic mass is 10.0. The minimum Gasteiger partial charge on any atom is -0.389 e. The molecule has 2 aliphatic heterocycles. The molecule has 2 aliphatic rings. The van der Waals surface area contributed by atoms with Crippen LogP contribution in [0.1, 0.15) is 26.2 Å². The first kappa shape index (κ1) is 16.2.